The number of aryl methyl sites for hydroxylation is 1. The molecule has 60 valence electrons. The molecular formula is C7H8O4. The second-order valence-electron chi connectivity index (χ2n) is 1.95. The van der Waals surface area contributed by atoms with Crippen molar-refractivity contribution < 1.29 is 18.7 Å². The maximum atomic E-state index is 10.5. The summed E-state index contributed by atoms with van der Waals surface area (Å²) in [5.41, 5.74) is 0.760. The summed E-state index contributed by atoms with van der Waals surface area (Å²) in [4.78, 5) is 10.5. The largest absolute Gasteiger partial charge is 0.516 e. The smallest absolute Gasteiger partial charge is 0.437 e. The van der Waals surface area contributed by atoms with Gasteiger partial charge in [0.05, 0.1) is 13.4 Å². The van der Waals surface area contributed by atoms with E-state index in [4.69, 9.17) is 4.42 Å². The Morgan fingerprint density at radius 3 is 2.82 bits per heavy atom. The molecule has 0 unspecified atom stereocenters. The number of methoxy groups -OCH3 is 1. The number of ether oxygens (including phenoxy) is 2. The van der Waals surface area contributed by atoms with E-state index in [1.165, 1.54) is 13.4 Å². The molecule has 0 radical (unpaired) electrons. The van der Waals surface area contributed by atoms with E-state index >= 15 is 0 Å². The maximum Gasteiger partial charge on any atom is 0.516 e. The number of carbonyl (C=O) groups is 1. The highest BCUT2D eigenvalue weighted by Crippen LogP contribution is 2.18. The number of furan rings is 1. The van der Waals surface area contributed by atoms with E-state index in [1.807, 2.05) is 0 Å². The van der Waals surface area contributed by atoms with Crippen molar-refractivity contribution in [3.63, 3.8) is 0 Å². The van der Waals surface area contributed by atoms with Crippen LogP contribution in [0, 0.1) is 6.92 Å². The van der Waals surface area contributed by atoms with Crippen molar-refractivity contribution in [1.29, 1.82) is 0 Å². The van der Waals surface area contributed by atoms with Crippen LogP contribution in [0.4, 0.5) is 4.79 Å². The van der Waals surface area contributed by atoms with Crippen LogP contribution in [0.15, 0.2) is 16.7 Å². The molecule has 0 aliphatic rings. The van der Waals surface area contributed by atoms with Gasteiger partial charge < -0.3 is 13.9 Å². The van der Waals surface area contributed by atoms with Gasteiger partial charge in [0.2, 0.25) is 0 Å². The van der Waals surface area contributed by atoms with Gasteiger partial charge in [0.15, 0.2) is 0 Å². The Morgan fingerprint density at radius 2 is 2.36 bits per heavy atom. The maximum absolute atomic E-state index is 10.5. The molecule has 1 aromatic rings. The highest BCUT2D eigenvalue weighted by Gasteiger charge is 2.08. The van der Waals surface area contributed by atoms with E-state index in [9.17, 15) is 4.79 Å². The minimum atomic E-state index is -0.775. The van der Waals surface area contributed by atoms with E-state index < -0.39 is 6.16 Å². The summed E-state index contributed by atoms with van der Waals surface area (Å²) >= 11 is 0. The molecule has 0 amide bonds. The molecular weight excluding hydrogens is 148 g/mol. The molecule has 0 atom stereocenters. The molecule has 0 saturated carbocycles. The molecule has 4 nitrogen and oxygen atoms in total. The summed E-state index contributed by atoms with van der Waals surface area (Å²) in [6.45, 7) is 1.77. The zero-order valence-corrected chi connectivity index (χ0v) is 6.29. The third-order valence-electron chi connectivity index (χ3n) is 1.16. The third-order valence-corrected chi connectivity index (χ3v) is 1.16. The Bertz CT molecular complexity index is 251. The molecule has 11 heavy (non-hydrogen) atoms. The summed E-state index contributed by atoms with van der Waals surface area (Å²) < 4.78 is 13.7. The molecule has 1 aromatic heterocycles. The van der Waals surface area contributed by atoms with Crippen LogP contribution in [0.1, 0.15) is 5.56 Å². The second kappa shape index (κ2) is 3.09. The lowest BCUT2D eigenvalue weighted by Crippen LogP contribution is -2.07. The summed E-state index contributed by atoms with van der Waals surface area (Å²) in [5.74, 6) is 0.178. The van der Waals surface area contributed by atoms with Gasteiger partial charge in [-0.05, 0) is 13.0 Å². The van der Waals surface area contributed by atoms with Crippen molar-refractivity contribution >= 4 is 6.16 Å². The molecule has 0 aromatic carbocycles. The average Bonchev–Trinajstić information content (AvgIpc) is 2.37. The first-order valence-electron chi connectivity index (χ1n) is 3.04. The first-order chi connectivity index (χ1) is 5.24. The standard InChI is InChI=1S/C7H8O4/c1-5-3-4-10-6(5)11-7(8)9-2/h3-4H,1-2H3. The summed E-state index contributed by atoms with van der Waals surface area (Å²) in [6.07, 6.45) is 0.663. The Balaban J connectivity index is 2.64. The molecule has 0 aliphatic carbocycles. The summed E-state index contributed by atoms with van der Waals surface area (Å²) in [7, 11) is 1.24. The van der Waals surface area contributed by atoms with Crippen LogP contribution >= 0.6 is 0 Å². The molecule has 0 bridgehead atoms. The minimum absolute atomic E-state index is 0.178. The SMILES string of the molecule is COC(=O)Oc1occc1C. The molecule has 1 rings (SSSR count). The molecule has 0 spiro atoms. The van der Waals surface area contributed by atoms with Gasteiger partial charge in [0, 0.05) is 5.56 Å². The van der Waals surface area contributed by atoms with Crippen LogP contribution in [-0.2, 0) is 4.74 Å². The van der Waals surface area contributed by atoms with Gasteiger partial charge in [-0.2, -0.15) is 0 Å². The fourth-order valence-electron chi connectivity index (χ4n) is 0.581. The van der Waals surface area contributed by atoms with Gasteiger partial charge in [-0.3, -0.25) is 0 Å². The zero-order valence-electron chi connectivity index (χ0n) is 6.29. The van der Waals surface area contributed by atoms with Crippen LogP contribution in [-0.4, -0.2) is 13.3 Å². The topological polar surface area (TPSA) is 48.7 Å². The lowest BCUT2D eigenvalue weighted by atomic mass is 10.4. The van der Waals surface area contributed by atoms with E-state index in [0.29, 0.717) is 0 Å². The Hall–Kier alpha value is -1.45. The van der Waals surface area contributed by atoms with E-state index in [2.05, 4.69) is 9.47 Å². The highest BCUT2D eigenvalue weighted by atomic mass is 16.7. The lowest BCUT2D eigenvalue weighted by molar-refractivity contribution is 0.110. The predicted molar refractivity (Wildman–Crippen MR) is 36.5 cm³/mol. The normalized spacial score (nSPS) is 9.27. The van der Waals surface area contributed by atoms with Crippen LogP contribution in [0.2, 0.25) is 0 Å². The van der Waals surface area contributed by atoms with Crippen molar-refractivity contribution in [2.75, 3.05) is 7.11 Å². The summed E-state index contributed by atoms with van der Waals surface area (Å²) in [6, 6.07) is 1.69. The van der Waals surface area contributed by atoms with Gasteiger partial charge >= 0.3 is 6.16 Å². The van der Waals surface area contributed by atoms with Crippen LogP contribution in [0.25, 0.3) is 0 Å². The first kappa shape index (κ1) is 7.65. The first-order valence-corrected chi connectivity index (χ1v) is 3.04. The van der Waals surface area contributed by atoms with E-state index in [-0.39, 0.29) is 5.95 Å². The molecule has 0 N–H and O–H groups in total. The Labute approximate surface area is 63.7 Å². The van der Waals surface area contributed by atoms with Gasteiger partial charge in [-0.15, -0.1) is 0 Å². The van der Waals surface area contributed by atoms with Crippen LogP contribution in [0.3, 0.4) is 0 Å². The fraction of sp³-hybridized carbons (Fsp3) is 0.286. The van der Waals surface area contributed by atoms with E-state index in [1.54, 1.807) is 13.0 Å². The predicted octanol–water partition coefficient (Wildman–Crippen LogP) is 1.73. The van der Waals surface area contributed by atoms with Crippen LogP contribution < -0.4 is 4.74 Å². The number of carbonyl (C=O) groups excluding carboxylic acids is 1. The quantitative estimate of drug-likeness (QED) is 0.581. The molecule has 0 saturated heterocycles. The van der Waals surface area contributed by atoms with Crippen molar-refractivity contribution in [2.24, 2.45) is 0 Å². The lowest BCUT2D eigenvalue weighted by Gasteiger charge is -1.97. The molecule has 1 heterocycles. The fourth-order valence-corrected chi connectivity index (χ4v) is 0.581. The molecule has 4 heteroatoms. The molecule has 0 aliphatic heterocycles. The number of hydrogen-bond acceptors (Lipinski definition) is 4. The number of rotatable bonds is 1. The highest BCUT2D eigenvalue weighted by molar-refractivity contribution is 5.62. The number of hydrogen-bond donors (Lipinski definition) is 0. The van der Waals surface area contributed by atoms with Crippen molar-refractivity contribution in [3.8, 4) is 5.95 Å². The molecule has 0 fully saturated rings. The van der Waals surface area contributed by atoms with Crippen molar-refractivity contribution in [1.82, 2.24) is 0 Å². The summed E-state index contributed by atoms with van der Waals surface area (Å²) in [5, 5.41) is 0. The van der Waals surface area contributed by atoms with Gasteiger partial charge in [0.1, 0.15) is 0 Å². The third kappa shape index (κ3) is 1.73. The van der Waals surface area contributed by atoms with Crippen molar-refractivity contribution in [2.45, 2.75) is 6.92 Å². The monoisotopic (exact) mass is 156 g/mol. The Kier molecular flexibility index (Phi) is 2.15. The van der Waals surface area contributed by atoms with Crippen molar-refractivity contribution in [3.05, 3.63) is 17.9 Å². The van der Waals surface area contributed by atoms with Gasteiger partial charge in [0.25, 0.3) is 5.95 Å². The van der Waals surface area contributed by atoms with Crippen LogP contribution in [0.5, 0.6) is 5.95 Å². The second-order valence-corrected chi connectivity index (χ2v) is 1.95. The Morgan fingerprint density at radius 1 is 1.64 bits per heavy atom. The van der Waals surface area contributed by atoms with Gasteiger partial charge in [-0.25, -0.2) is 4.79 Å². The van der Waals surface area contributed by atoms with Gasteiger partial charge in [-0.1, -0.05) is 0 Å². The minimum Gasteiger partial charge on any atom is -0.437 e. The zero-order chi connectivity index (χ0) is 8.27. The average molecular weight is 156 g/mol. The van der Waals surface area contributed by atoms with E-state index in [0.717, 1.165) is 5.56 Å².